The van der Waals surface area contributed by atoms with E-state index >= 15 is 0 Å². The number of thioether (sulfide) groups is 1. The van der Waals surface area contributed by atoms with Crippen LogP contribution in [0.5, 0.6) is 0 Å². The molecular weight excluding hydrogens is 479 g/mol. The molecule has 0 unspecified atom stereocenters. The molecule has 7 nitrogen and oxygen atoms in total. The smallest absolute Gasteiger partial charge is 0.278 e. The Balaban J connectivity index is 1.67. The van der Waals surface area contributed by atoms with Gasteiger partial charge in [0, 0.05) is 32.9 Å². The summed E-state index contributed by atoms with van der Waals surface area (Å²) < 4.78 is 1.63. The van der Waals surface area contributed by atoms with Crippen molar-refractivity contribution in [3.8, 4) is 5.69 Å². The molecule has 1 N–H and O–H groups in total. The molecule has 1 amide bonds. The van der Waals surface area contributed by atoms with Crippen LogP contribution in [0.25, 0.3) is 5.69 Å². The van der Waals surface area contributed by atoms with Gasteiger partial charge in [-0.25, -0.2) is 14.6 Å². The first-order valence-corrected chi connectivity index (χ1v) is 11.8. The molecule has 0 aliphatic heterocycles. The summed E-state index contributed by atoms with van der Waals surface area (Å²) in [6.07, 6.45) is 0. The van der Waals surface area contributed by atoms with Crippen LogP contribution in [-0.2, 0) is 5.75 Å². The maximum atomic E-state index is 13.1. The number of carbonyl (C=O) groups is 1. The van der Waals surface area contributed by atoms with E-state index in [1.54, 1.807) is 28.9 Å². The minimum Gasteiger partial charge on any atom is -0.320 e. The molecule has 0 atom stereocenters. The van der Waals surface area contributed by atoms with E-state index in [0.717, 1.165) is 22.6 Å². The SMILES string of the molecule is Cc1cc(C)nc(SCc2c(C(=O)Nc3ccc(C)c(Cl)c3)nnn2-c2ccc(Cl)cc2)n1. The van der Waals surface area contributed by atoms with E-state index < -0.39 is 0 Å². The van der Waals surface area contributed by atoms with Crippen LogP contribution in [-0.4, -0.2) is 30.9 Å². The average Bonchev–Trinajstić information content (AvgIpc) is 3.19. The number of rotatable bonds is 6. The Morgan fingerprint density at radius 1 is 1.00 bits per heavy atom. The van der Waals surface area contributed by atoms with Crippen LogP contribution < -0.4 is 5.32 Å². The van der Waals surface area contributed by atoms with E-state index in [-0.39, 0.29) is 11.6 Å². The first kappa shape index (κ1) is 23.2. The molecule has 2 aromatic carbocycles. The quantitative estimate of drug-likeness (QED) is 0.265. The molecule has 2 aromatic heterocycles. The zero-order chi connectivity index (χ0) is 23.5. The van der Waals surface area contributed by atoms with Crippen LogP contribution in [0.15, 0.2) is 53.7 Å². The van der Waals surface area contributed by atoms with Gasteiger partial charge in [0.2, 0.25) is 0 Å². The summed E-state index contributed by atoms with van der Waals surface area (Å²) in [6.45, 7) is 5.74. The number of halogens is 2. The Bertz CT molecular complexity index is 1300. The minimum absolute atomic E-state index is 0.207. The van der Waals surface area contributed by atoms with Crippen LogP contribution in [0.1, 0.15) is 33.1 Å². The predicted octanol–water partition coefficient (Wildman–Crippen LogP) is 5.83. The summed E-state index contributed by atoms with van der Waals surface area (Å²) in [6, 6.07) is 14.4. The Morgan fingerprint density at radius 3 is 2.36 bits per heavy atom. The number of hydrogen-bond acceptors (Lipinski definition) is 6. The number of hydrogen-bond donors (Lipinski definition) is 1. The Morgan fingerprint density at radius 2 is 1.70 bits per heavy atom. The molecule has 0 bridgehead atoms. The van der Waals surface area contributed by atoms with Crippen LogP contribution >= 0.6 is 35.0 Å². The lowest BCUT2D eigenvalue weighted by Gasteiger charge is -2.09. The van der Waals surface area contributed by atoms with E-state index in [2.05, 4.69) is 25.6 Å². The number of aryl methyl sites for hydroxylation is 3. The zero-order valence-electron chi connectivity index (χ0n) is 18.1. The Hall–Kier alpha value is -2.94. The molecule has 33 heavy (non-hydrogen) atoms. The summed E-state index contributed by atoms with van der Waals surface area (Å²) in [5.41, 5.74) is 4.81. The minimum atomic E-state index is -0.382. The van der Waals surface area contributed by atoms with Gasteiger partial charge in [0.1, 0.15) is 0 Å². The highest BCUT2D eigenvalue weighted by atomic mass is 35.5. The molecule has 0 fully saturated rings. The second kappa shape index (κ2) is 9.91. The number of anilines is 1. The molecule has 0 aliphatic rings. The number of amides is 1. The van der Waals surface area contributed by atoms with Crippen LogP contribution in [0.2, 0.25) is 10.0 Å². The van der Waals surface area contributed by atoms with Gasteiger partial charge in [0.15, 0.2) is 10.9 Å². The van der Waals surface area contributed by atoms with Crippen LogP contribution in [0.3, 0.4) is 0 Å². The van der Waals surface area contributed by atoms with E-state index in [9.17, 15) is 4.79 Å². The van der Waals surface area contributed by atoms with Gasteiger partial charge in [0.05, 0.1) is 11.4 Å². The van der Waals surface area contributed by atoms with Crippen molar-refractivity contribution >= 4 is 46.6 Å². The van der Waals surface area contributed by atoms with Gasteiger partial charge in [-0.05, 0) is 68.8 Å². The number of nitrogens with zero attached hydrogens (tertiary/aromatic N) is 5. The third-order valence-electron chi connectivity index (χ3n) is 4.78. The molecule has 0 aliphatic carbocycles. The molecular formula is C23H20Cl2N6OS. The van der Waals surface area contributed by atoms with Crippen LogP contribution in [0.4, 0.5) is 5.69 Å². The molecule has 0 saturated heterocycles. The lowest BCUT2D eigenvalue weighted by atomic mass is 10.2. The van der Waals surface area contributed by atoms with E-state index in [1.165, 1.54) is 11.8 Å². The monoisotopic (exact) mass is 498 g/mol. The molecule has 4 rings (SSSR count). The molecule has 10 heteroatoms. The predicted molar refractivity (Wildman–Crippen MR) is 132 cm³/mol. The van der Waals surface area contributed by atoms with E-state index in [1.807, 2.05) is 45.0 Å². The molecule has 0 saturated carbocycles. The molecule has 0 radical (unpaired) electrons. The average molecular weight is 499 g/mol. The van der Waals surface area contributed by atoms with E-state index in [0.29, 0.717) is 32.3 Å². The van der Waals surface area contributed by atoms with Crippen molar-refractivity contribution < 1.29 is 4.79 Å². The van der Waals surface area contributed by atoms with Crippen molar-refractivity contribution in [1.29, 1.82) is 0 Å². The first-order valence-electron chi connectivity index (χ1n) is 10.0. The van der Waals surface area contributed by atoms with Gasteiger partial charge in [-0.1, -0.05) is 46.2 Å². The lowest BCUT2D eigenvalue weighted by molar-refractivity contribution is 0.102. The van der Waals surface area contributed by atoms with Gasteiger partial charge in [0.25, 0.3) is 5.91 Å². The zero-order valence-corrected chi connectivity index (χ0v) is 20.5. The van der Waals surface area contributed by atoms with Gasteiger partial charge >= 0.3 is 0 Å². The summed E-state index contributed by atoms with van der Waals surface area (Å²) >= 11 is 13.7. The normalized spacial score (nSPS) is 10.9. The van der Waals surface area contributed by atoms with Crippen molar-refractivity contribution in [2.24, 2.45) is 0 Å². The third-order valence-corrected chi connectivity index (χ3v) is 6.30. The Kier molecular flexibility index (Phi) is 6.97. The molecule has 4 aromatic rings. The Labute approximate surface area is 205 Å². The van der Waals surface area contributed by atoms with Crippen LogP contribution in [0, 0.1) is 20.8 Å². The van der Waals surface area contributed by atoms with Gasteiger partial charge in [-0.2, -0.15) is 0 Å². The largest absolute Gasteiger partial charge is 0.320 e. The second-order valence-corrected chi connectivity index (χ2v) is 9.20. The maximum absolute atomic E-state index is 13.1. The molecule has 2 heterocycles. The standard InChI is InChI=1S/C23H20Cl2N6OS/c1-13-4-7-17(11-19(13)25)28-22(32)21-20(12-33-23-26-14(2)10-15(3)27-23)31(30-29-21)18-8-5-16(24)6-9-18/h4-11H,12H2,1-3H3,(H,28,32). The number of nitrogens with one attached hydrogen (secondary N) is 1. The number of carbonyl (C=O) groups excluding carboxylic acids is 1. The summed E-state index contributed by atoms with van der Waals surface area (Å²) in [5.74, 6) is 0.00251. The fourth-order valence-corrected chi connectivity index (χ4v) is 4.40. The lowest BCUT2D eigenvalue weighted by Crippen LogP contribution is -2.15. The molecule has 168 valence electrons. The van der Waals surface area contributed by atoms with Crippen molar-refractivity contribution in [2.45, 2.75) is 31.7 Å². The first-order chi connectivity index (χ1) is 15.8. The summed E-state index contributed by atoms with van der Waals surface area (Å²) in [5, 5.41) is 13.1. The highest BCUT2D eigenvalue weighted by Crippen LogP contribution is 2.26. The van der Waals surface area contributed by atoms with Gasteiger partial charge in [-0.15, -0.1) is 5.10 Å². The van der Waals surface area contributed by atoms with Crippen molar-refractivity contribution in [3.63, 3.8) is 0 Å². The van der Waals surface area contributed by atoms with Crippen molar-refractivity contribution in [1.82, 2.24) is 25.0 Å². The fourth-order valence-electron chi connectivity index (χ4n) is 3.15. The van der Waals surface area contributed by atoms with E-state index in [4.69, 9.17) is 23.2 Å². The van der Waals surface area contributed by atoms with Crippen molar-refractivity contribution in [3.05, 3.63) is 86.9 Å². The summed E-state index contributed by atoms with van der Waals surface area (Å²) in [7, 11) is 0. The summed E-state index contributed by atoms with van der Waals surface area (Å²) in [4.78, 5) is 22.1. The highest BCUT2D eigenvalue weighted by Gasteiger charge is 2.22. The topological polar surface area (TPSA) is 85.6 Å². The third kappa shape index (κ3) is 5.52. The van der Waals surface area contributed by atoms with Gasteiger partial charge in [-0.3, -0.25) is 4.79 Å². The number of aromatic nitrogens is 5. The second-order valence-electron chi connectivity index (χ2n) is 7.41. The van der Waals surface area contributed by atoms with Gasteiger partial charge < -0.3 is 5.32 Å². The maximum Gasteiger partial charge on any atom is 0.278 e. The number of benzene rings is 2. The fraction of sp³-hybridized carbons (Fsp3) is 0.174. The highest BCUT2D eigenvalue weighted by molar-refractivity contribution is 7.98. The van der Waals surface area contributed by atoms with Crippen molar-refractivity contribution in [2.75, 3.05) is 5.32 Å². The molecule has 0 spiro atoms.